The first-order valence-electron chi connectivity index (χ1n) is 5.86. The molecule has 6 heteroatoms. The Morgan fingerprint density at radius 3 is 3.12 bits per heavy atom. The van der Waals surface area contributed by atoms with E-state index in [1.165, 1.54) is 12.8 Å². The molecule has 3 rings (SSSR count). The standard InChI is InChI=1S/C11H14ClN5/c1-7-10-11(15-8(12)6-14-10)17(16-7)9-4-2-3-5-13-9/h6,9,13H,2-5H2,1H3. The molecule has 1 aliphatic rings. The first-order valence-corrected chi connectivity index (χ1v) is 6.24. The molecule has 17 heavy (non-hydrogen) atoms. The molecule has 0 aromatic carbocycles. The van der Waals surface area contributed by atoms with Gasteiger partial charge in [0.15, 0.2) is 5.65 Å². The zero-order valence-electron chi connectivity index (χ0n) is 9.65. The lowest BCUT2D eigenvalue weighted by Crippen LogP contribution is -2.32. The number of nitrogens with one attached hydrogen (secondary N) is 1. The number of halogens is 1. The van der Waals surface area contributed by atoms with Crippen LogP contribution in [0.25, 0.3) is 11.2 Å². The molecule has 3 heterocycles. The maximum Gasteiger partial charge on any atom is 0.180 e. The molecule has 0 bridgehead atoms. The van der Waals surface area contributed by atoms with Crippen LogP contribution in [0.3, 0.4) is 0 Å². The Morgan fingerprint density at radius 2 is 2.35 bits per heavy atom. The van der Waals surface area contributed by atoms with Crippen molar-refractivity contribution in [1.82, 2.24) is 25.1 Å². The van der Waals surface area contributed by atoms with Crippen LogP contribution < -0.4 is 5.32 Å². The van der Waals surface area contributed by atoms with Crippen molar-refractivity contribution in [2.75, 3.05) is 6.54 Å². The number of hydrogen-bond acceptors (Lipinski definition) is 4. The molecule has 0 aliphatic carbocycles. The molecule has 1 saturated heterocycles. The maximum absolute atomic E-state index is 5.90. The summed E-state index contributed by atoms with van der Waals surface area (Å²) in [6.45, 7) is 2.98. The number of hydrogen-bond donors (Lipinski definition) is 1. The van der Waals surface area contributed by atoms with Gasteiger partial charge in [-0.2, -0.15) is 5.10 Å². The number of aryl methyl sites for hydroxylation is 1. The lowest BCUT2D eigenvalue weighted by Gasteiger charge is -2.23. The van der Waals surface area contributed by atoms with Gasteiger partial charge in [0.05, 0.1) is 11.9 Å². The quantitative estimate of drug-likeness (QED) is 0.843. The monoisotopic (exact) mass is 251 g/mol. The number of piperidine rings is 1. The zero-order valence-corrected chi connectivity index (χ0v) is 10.4. The predicted octanol–water partition coefficient (Wildman–Crippen LogP) is 2.06. The van der Waals surface area contributed by atoms with E-state index in [1.54, 1.807) is 6.20 Å². The van der Waals surface area contributed by atoms with Gasteiger partial charge in [-0.3, -0.25) is 5.32 Å². The van der Waals surface area contributed by atoms with Gasteiger partial charge in [-0.1, -0.05) is 11.6 Å². The third-order valence-corrected chi connectivity index (χ3v) is 3.30. The molecule has 0 saturated carbocycles. The van der Waals surface area contributed by atoms with Gasteiger partial charge in [0, 0.05) is 0 Å². The first-order chi connectivity index (χ1) is 8.25. The molecule has 1 N–H and O–H groups in total. The predicted molar refractivity (Wildman–Crippen MR) is 66.0 cm³/mol. The van der Waals surface area contributed by atoms with Crippen LogP contribution in [0.1, 0.15) is 31.1 Å². The minimum atomic E-state index is 0.215. The molecule has 2 aromatic heterocycles. The van der Waals surface area contributed by atoms with E-state index >= 15 is 0 Å². The van der Waals surface area contributed by atoms with Gasteiger partial charge in [0.1, 0.15) is 16.8 Å². The van der Waals surface area contributed by atoms with Crippen molar-refractivity contribution in [2.45, 2.75) is 32.4 Å². The SMILES string of the molecule is Cc1nn(C2CCCCN2)c2nc(Cl)cnc12. The number of rotatable bonds is 1. The average Bonchev–Trinajstić information content (AvgIpc) is 2.67. The molecule has 1 fully saturated rings. The highest BCUT2D eigenvalue weighted by molar-refractivity contribution is 6.29. The van der Waals surface area contributed by atoms with Crippen LogP contribution in [0.15, 0.2) is 6.20 Å². The Balaban J connectivity index is 2.11. The van der Waals surface area contributed by atoms with Crippen molar-refractivity contribution < 1.29 is 0 Å². The molecule has 1 unspecified atom stereocenters. The normalized spacial score (nSPS) is 20.9. The summed E-state index contributed by atoms with van der Waals surface area (Å²) < 4.78 is 1.92. The van der Waals surface area contributed by atoms with E-state index in [4.69, 9.17) is 11.6 Å². The molecule has 90 valence electrons. The third-order valence-electron chi connectivity index (χ3n) is 3.12. The first kappa shape index (κ1) is 10.9. The molecule has 0 amide bonds. The molecule has 5 nitrogen and oxygen atoms in total. The Morgan fingerprint density at radius 1 is 1.47 bits per heavy atom. The highest BCUT2D eigenvalue weighted by atomic mass is 35.5. The Bertz CT molecular complexity index is 544. The Labute approximate surface area is 104 Å². The molecular weight excluding hydrogens is 238 g/mol. The summed E-state index contributed by atoms with van der Waals surface area (Å²) in [6.07, 6.45) is 5.29. The molecular formula is C11H14ClN5. The van der Waals surface area contributed by atoms with Crippen molar-refractivity contribution >= 4 is 22.8 Å². The summed E-state index contributed by atoms with van der Waals surface area (Å²) in [5.41, 5.74) is 2.51. The fraction of sp³-hybridized carbons (Fsp3) is 0.545. The lowest BCUT2D eigenvalue weighted by molar-refractivity contribution is 0.303. The molecule has 2 aromatic rings. The second-order valence-electron chi connectivity index (χ2n) is 4.36. The average molecular weight is 252 g/mol. The summed E-state index contributed by atoms with van der Waals surface area (Å²) in [6, 6.07) is 0. The second kappa shape index (κ2) is 4.23. The second-order valence-corrected chi connectivity index (χ2v) is 4.75. The largest absolute Gasteiger partial charge is 0.296 e. The fourth-order valence-corrected chi connectivity index (χ4v) is 2.42. The number of nitrogens with zero attached hydrogens (tertiary/aromatic N) is 4. The van der Waals surface area contributed by atoms with Crippen LogP contribution in [0.5, 0.6) is 0 Å². The summed E-state index contributed by atoms with van der Waals surface area (Å²) in [5.74, 6) is 0. The van der Waals surface area contributed by atoms with Gasteiger partial charge >= 0.3 is 0 Å². The van der Waals surface area contributed by atoms with Crippen molar-refractivity contribution in [3.05, 3.63) is 17.0 Å². The van der Waals surface area contributed by atoms with Gasteiger partial charge in [-0.05, 0) is 32.7 Å². The summed E-state index contributed by atoms with van der Waals surface area (Å²) in [7, 11) is 0. The van der Waals surface area contributed by atoms with E-state index in [1.807, 2.05) is 11.6 Å². The van der Waals surface area contributed by atoms with Crippen LogP contribution >= 0.6 is 11.6 Å². The summed E-state index contributed by atoms with van der Waals surface area (Å²) in [5, 5.41) is 8.39. The molecule has 0 spiro atoms. The van der Waals surface area contributed by atoms with E-state index < -0.39 is 0 Å². The van der Waals surface area contributed by atoms with E-state index in [-0.39, 0.29) is 6.17 Å². The van der Waals surface area contributed by atoms with Crippen molar-refractivity contribution in [2.24, 2.45) is 0 Å². The van der Waals surface area contributed by atoms with Gasteiger partial charge in [-0.25, -0.2) is 14.6 Å². The molecule has 1 aliphatic heterocycles. The summed E-state index contributed by atoms with van der Waals surface area (Å²) in [4.78, 5) is 8.63. The van der Waals surface area contributed by atoms with Crippen molar-refractivity contribution in [3.63, 3.8) is 0 Å². The summed E-state index contributed by atoms with van der Waals surface area (Å²) >= 11 is 5.90. The number of fused-ring (bicyclic) bond motifs is 1. The molecule has 0 radical (unpaired) electrons. The Kier molecular flexibility index (Phi) is 2.72. The minimum absolute atomic E-state index is 0.215. The van der Waals surface area contributed by atoms with E-state index in [0.717, 1.165) is 29.8 Å². The fourth-order valence-electron chi connectivity index (χ4n) is 2.29. The van der Waals surface area contributed by atoms with Crippen LogP contribution in [-0.2, 0) is 0 Å². The highest BCUT2D eigenvalue weighted by Gasteiger charge is 2.20. The third kappa shape index (κ3) is 1.89. The minimum Gasteiger partial charge on any atom is -0.296 e. The smallest absolute Gasteiger partial charge is 0.180 e. The maximum atomic E-state index is 5.90. The highest BCUT2D eigenvalue weighted by Crippen LogP contribution is 2.23. The van der Waals surface area contributed by atoms with Gasteiger partial charge < -0.3 is 0 Å². The van der Waals surface area contributed by atoms with E-state index in [2.05, 4.69) is 20.4 Å². The van der Waals surface area contributed by atoms with Gasteiger partial charge in [0.2, 0.25) is 0 Å². The van der Waals surface area contributed by atoms with Crippen LogP contribution in [0.4, 0.5) is 0 Å². The molecule has 1 atom stereocenters. The zero-order chi connectivity index (χ0) is 11.8. The number of aromatic nitrogens is 4. The van der Waals surface area contributed by atoms with Crippen LogP contribution in [0, 0.1) is 6.92 Å². The Hall–Kier alpha value is -1.20. The van der Waals surface area contributed by atoms with Gasteiger partial charge in [-0.15, -0.1) is 0 Å². The lowest BCUT2D eigenvalue weighted by atomic mass is 10.1. The van der Waals surface area contributed by atoms with E-state index in [0.29, 0.717) is 5.15 Å². The van der Waals surface area contributed by atoms with Gasteiger partial charge in [0.25, 0.3) is 0 Å². The topological polar surface area (TPSA) is 55.6 Å². The van der Waals surface area contributed by atoms with Crippen molar-refractivity contribution in [1.29, 1.82) is 0 Å². The van der Waals surface area contributed by atoms with Crippen molar-refractivity contribution in [3.8, 4) is 0 Å². The van der Waals surface area contributed by atoms with Crippen LogP contribution in [-0.4, -0.2) is 26.3 Å². The van der Waals surface area contributed by atoms with Crippen LogP contribution in [0.2, 0.25) is 5.15 Å². The van der Waals surface area contributed by atoms with E-state index in [9.17, 15) is 0 Å².